The number of amides is 1. The quantitative estimate of drug-likeness (QED) is 0.353. The maximum Gasteiger partial charge on any atom is 0.252 e. The highest BCUT2D eigenvalue weighted by Gasteiger charge is 2.20. The number of dihydropyridines is 1. The molecule has 2 aliphatic rings. The van der Waals surface area contributed by atoms with Crippen LogP contribution in [0.4, 0.5) is 0 Å². The second-order valence-corrected chi connectivity index (χ2v) is 8.85. The van der Waals surface area contributed by atoms with Crippen LogP contribution in [0.1, 0.15) is 18.6 Å². The number of nitrogens with zero attached hydrogens (tertiary/aromatic N) is 5. The molecule has 1 aromatic carbocycles. The Bertz CT molecular complexity index is 1580. The zero-order valence-corrected chi connectivity index (χ0v) is 20.6. The van der Waals surface area contributed by atoms with Gasteiger partial charge in [-0.2, -0.15) is 4.52 Å². The summed E-state index contributed by atoms with van der Waals surface area (Å²) < 4.78 is 23.4. The molecule has 6 rings (SSSR count). The molecule has 1 amide bonds. The fraction of sp³-hybridized carbons (Fsp3) is 0.269. The summed E-state index contributed by atoms with van der Waals surface area (Å²) >= 11 is 0. The second-order valence-electron chi connectivity index (χ2n) is 8.85. The lowest BCUT2D eigenvalue weighted by atomic mass is 10.1. The molecule has 2 N–H and O–H groups in total. The molecule has 12 nitrogen and oxygen atoms in total. The van der Waals surface area contributed by atoms with Gasteiger partial charge in [0.25, 0.3) is 5.91 Å². The van der Waals surface area contributed by atoms with Gasteiger partial charge >= 0.3 is 0 Å². The second kappa shape index (κ2) is 10.4. The molecule has 0 aliphatic carbocycles. The van der Waals surface area contributed by atoms with Crippen LogP contribution in [-0.4, -0.2) is 57.2 Å². The van der Waals surface area contributed by atoms with Crippen molar-refractivity contribution in [1.82, 2.24) is 35.6 Å². The number of methoxy groups -OCH3 is 1. The van der Waals surface area contributed by atoms with E-state index in [0.717, 1.165) is 23.6 Å². The molecule has 1 fully saturated rings. The summed E-state index contributed by atoms with van der Waals surface area (Å²) in [5.41, 5.74) is 2.23. The number of ether oxygens (including phenoxy) is 3. The van der Waals surface area contributed by atoms with Gasteiger partial charge in [0.15, 0.2) is 17.1 Å². The predicted octanol–water partition coefficient (Wildman–Crippen LogP) is 2.64. The topological polar surface area (TPSA) is 138 Å². The minimum atomic E-state index is -0.125. The van der Waals surface area contributed by atoms with E-state index in [1.165, 1.54) is 6.26 Å². The molecule has 0 spiro atoms. The van der Waals surface area contributed by atoms with E-state index < -0.39 is 0 Å². The van der Waals surface area contributed by atoms with E-state index in [-0.39, 0.29) is 18.6 Å². The summed E-state index contributed by atoms with van der Waals surface area (Å²) in [6.07, 6.45) is 8.35. The van der Waals surface area contributed by atoms with Gasteiger partial charge in [0.2, 0.25) is 11.7 Å². The highest BCUT2D eigenvalue weighted by atomic mass is 16.5. The molecule has 12 heteroatoms. The molecular weight excluding hydrogens is 490 g/mol. The van der Waals surface area contributed by atoms with Gasteiger partial charge in [0, 0.05) is 49.4 Å². The van der Waals surface area contributed by atoms with Crippen molar-refractivity contribution in [3.63, 3.8) is 0 Å². The average Bonchev–Trinajstić information content (AvgIpc) is 3.60. The van der Waals surface area contributed by atoms with Crippen LogP contribution in [0, 0.1) is 0 Å². The number of aromatic nitrogens is 5. The van der Waals surface area contributed by atoms with Crippen molar-refractivity contribution < 1.29 is 23.5 Å². The van der Waals surface area contributed by atoms with E-state index in [0.29, 0.717) is 53.3 Å². The number of rotatable bonds is 7. The van der Waals surface area contributed by atoms with Crippen molar-refractivity contribution in [3.05, 3.63) is 72.0 Å². The Labute approximate surface area is 216 Å². The van der Waals surface area contributed by atoms with Gasteiger partial charge in [0.05, 0.1) is 11.3 Å². The zero-order chi connectivity index (χ0) is 25.9. The van der Waals surface area contributed by atoms with Gasteiger partial charge in [-0.3, -0.25) is 4.79 Å². The summed E-state index contributed by atoms with van der Waals surface area (Å²) in [5, 5.41) is 25.1. The maximum absolute atomic E-state index is 12.6. The Balaban J connectivity index is 1.24. The monoisotopic (exact) mass is 515 g/mol. The largest absolute Gasteiger partial charge is 0.443 e. The van der Waals surface area contributed by atoms with Crippen LogP contribution in [0.25, 0.3) is 27.9 Å². The number of hydrogen-bond acceptors (Lipinski definition) is 10. The number of fused-ring (bicyclic) bond motifs is 3. The minimum Gasteiger partial charge on any atom is -0.443 e. The van der Waals surface area contributed by atoms with Crippen LogP contribution >= 0.6 is 0 Å². The fourth-order valence-corrected chi connectivity index (χ4v) is 4.31. The molecule has 4 aromatic rings. The lowest BCUT2D eigenvalue weighted by Crippen LogP contribution is -2.39. The Morgan fingerprint density at radius 1 is 1.21 bits per heavy atom. The van der Waals surface area contributed by atoms with Crippen molar-refractivity contribution in [2.75, 3.05) is 20.3 Å². The van der Waals surface area contributed by atoms with Crippen LogP contribution in [-0.2, 0) is 20.9 Å². The standard InChI is InChI=1S/C26H25N7O5/c1-35-15-19-12-22(32-38-19)24-30-29-23-20-4-2-3-5-21(20)26(31-33(23)24)37-14-18-7-6-16(13-27-18)25(34)28-17-8-10-36-11-9-17/h2-7,12-14,17,27H,8-11,15H2,1H3,(H,28,34). The lowest BCUT2D eigenvalue weighted by Gasteiger charge is -2.23. The highest BCUT2D eigenvalue weighted by Crippen LogP contribution is 2.29. The summed E-state index contributed by atoms with van der Waals surface area (Å²) in [7, 11) is 1.58. The molecule has 38 heavy (non-hydrogen) atoms. The molecule has 1 saturated heterocycles. The summed E-state index contributed by atoms with van der Waals surface area (Å²) in [6, 6.07) is 9.51. The van der Waals surface area contributed by atoms with E-state index in [4.69, 9.17) is 18.7 Å². The Morgan fingerprint density at radius 2 is 2.05 bits per heavy atom. The maximum atomic E-state index is 12.6. The number of benzene rings is 1. The number of carbonyl (C=O) groups excluding carboxylic acids is 1. The van der Waals surface area contributed by atoms with Gasteiger partial charge in [0.1, 0.15) is 12.9 Å². The van der Waals surface area contributed by atoms with Crippen LogP contribution in [0.15, 0.2) is 70.7 Å². The van der Waals surface area contributed by atoms with Crippen LogP contribution in [0.2, 0.25) is 0 Å². The van der Waals surface area contributed by atoms with Crippen LogP contribution in [0.5, 0.6) is 5.88 Å². The van der Waals surface area contributed by atoms with Gasteiger partial charge in [-0.1, -0.05) is 23.4 Å². The van der Waals surface area contributed by atoms with E-state index in [9.17, 15) is 4.79 Å². The SMILES string of the molecule is COCc1cc(-c2nnc3c4ccccc4c(OC=C4C=CC(C(=O)NC5CCOCC5)=CN4)nn23)no1. The predicted molar refractivity (Wildman–Crippen MR) is 136 cm³/mol. The third kappa shape index (κ3) is 4.74. The lowest BCUT2D eigenvalue weighted by molar-refractivity contribution is -0.118. The fourth-order valence-electron chi connectivity index (χ4n) is 4.31. The summed E-state index contributed by atoms with van der Waals surface area (Å²) in [5.74, 6) is 1.20. The van der Waals surface area contributed by atoms with Gasteiger partial charge in [-0.25, -0.2) is 0 Å². The van der Waals surface area contributed by atoms with Crippen LogP contribution < -0.4 is 15.4 Å². The van der Waals surface area contributed by atoms with Crippen molar-refractivity contribution in [3.8, 4) is 17.4 Å². The number of nitrogens with one attached hydrogen (secondary N) is 2. The normalized spacial score (nSPS) is 17.1. The third-order valence-corrected chi connectivity index (χ3v) is 6.26. The van der Waals surface area contributed by atoms with Crippen molar-refractivity contribution in [1.29, 1.82) is 0 Å². The van der Waals surface area contributed by atoms with E-state index in [1.54, 1.807) is 36.0 Å². The summed E-state index contributed by atoms with van der Waals surface area (Å²) in [6.45, 7) is 1.62. The molecule has 2 aliphatic heterocycles. The average molecular weight is 516 g/mol. The van der Waals surface area contributed by atoms with Gasteiger partial charge in [-0.05, 0) is 31.1 Å². The van der Waals surface area contributed by atoms with E-state index in [2.05, 4.69) is 31.1 Å². The zero-order valence-electron chi connectivity index (χ0n) is 20.6. The Hall–Kier alpha value is -4.55. The first kappa shape index (κ1) is 23.8. The molecule has 0 radical (unpaired) electrons. The molecule has 0 unspecified atom stereocenters. The molecule has 3 aromatic heterocycles. The first-order chi connectivity index (χ1) is 18.7. The molecule has 5 heterocycles. The van der Waals surface area contributed by atoms with Gasteiger partial charge in [-0.15, -0.1) is 15.3 Å². The summed E-state index contributed by atoms with van der Waals surface area (Å²) in [4.78, 5) is 12.6. The number of hydrogen-bond donors (Lipinski definition) is 2. The smallest absolute Gasteiger partial charge is 0.252 e. The van der Waals surface area contributed by atoms with Crippen molar-refractivity contribution in [2.24, 2.45) is 0 Å². The van der Waals surface area contributed by atoms with E-state index in [1.807, 2.05) is 24.3 Å². The number of allylic oxidation sites excluding steroid dienone is 1. The van der Waals surface area contributed by atoms with Crippen molar-refractivity contribution in [2.45, 2.75) is 25.5 Å². The number of carbonyl (C=O) groups is 1. The van der Waals surface area contributed by atoms with Crippen molar-refractivity contribution >= 4 is 22.3 Å². The Morgan fingerprint density at radius 3 is 2.84 bits per heavy atom. The third-order valence-electron chi connectivity index (χ3n) is 6.26. The first-order valence-electron chi connectivity index (χ1n) is 12.2. The van der Waals surface area contributed by atoms with E-state index >= 15 is 0 Å². The molecule has 0 atom stereocenters. The van der Waals surface area contributed by atoms with Gasteiger partial charge < -0.3 is 29.4 Å². The minimum absolute atomic E-state index is 0.125. The molecule has 0 bridgehead atoms. The molecular formula is C26H25N7O5. The molecule has 194 valence electrons. The van der Waals surface area contributed by atoms with Crippen LogP contribution in [0.3, 0.4) is 0 Å². The molecule has 0 saturated carbocycles. The first-order valence-corrected chi connectivity index (χ1v) is 12.2. The Kier molecular flexibility index (Phi) is 6.54. The highest BCUT2D eigenvalue weighted by molar-refractivity contribution is 5.97.